The van der Waals surface area contributed by atoms with Crippen LogP contribution in [0.3, 0.4) is 0 Å². The minimum absolute atomic E-state index is 0.00613. The molecule has 0 radical (unpaired) electrons. The number of anilines is 1. The number of carbonyl (C=O) groups excluding carboxylic acids is 1. The number of hydrogen-bond acceptors (Lipinski definition) is 6. The second-order valence-electron chi connectivity index (χ2n) is 5.67. The van der Waals surface area contributed by atoms with Gasteiger partial charge in [0.1, 0.15) is 5.75 Å². The van der Waals surface area contributed by atoms with Crippen molar-refractivity contribution in [2.45, 2.75) is 6.04 Å². The third-order valence-corrected chi connectivity index (χ3v) is 3.97. The van der Waals surface area contributed by atoms with E-state index in [1.54, 1.807) is 30.6 Å². The molecular weight excluding hydrogens is 308 g/mol. The summed E-state index contributed by atoms with van der Waals surface area (Å²) in [6, 6.07) is 10.8. The van der Waals surface area contributed by atoms with Gasteiger partial charge in [0.05, 0.1) is 6.04 Å². The zero-order chi connectivity index (χ0) is 16.8. The summed E-state index contributed by atoms with van der Waals surface area (Å²) in [5.41, 5.74) is 0. The molecule has 1 amide bonds. The molecule has 3 rings (SSSR count). The summed E-state index contributed by atoms with van der Waals surface area (Å²) in [4.78, 5) is 22.5. The van der Waals surface area contributed by atoms with Crippen LogP contribution in [0.4, 0.5) is 5.95 Å². The number of nitrogens with one attached hydrogen (secondary N) is 1. The molecule has 2 unspecified atom stereocenters. The zero-order valence-corrected chi connectivity index (χ0v) is 13.2. The first-order valence-corrected chi connectivity index (χ1v) is 7.86. The third-order valence-electron chi connectivity index (χ3n) is 3.97. The maximum absolute atomic E-state index is 12.1. The molecule has 0 saturated carbocycles. The molecule has 0 aliphatic carbocycles. The van der Waals surface area contributed by atoms with Gasteiger partial charge in [-0.1, -0.05) is 18.2 Å². The van der Waals surface area contributed by atoms with Crippen LogP contribution in [0.1, 0.15) is 0 Å². The van der Waals surface area contributed by atoms with Gasteiger partial charge in [0.2, 0.25) is 5.95 Å². The molecule has 1 aromatic heterocycles. The zero-order valence-electron chi connectivity index (χ0n) is 13.2. The van der Waals surface area contributed by atoms with Crippen LogP contribution in [0, 0.1) is 5.92 Å². The molecule has 7 heteroatoms. The van der Waals surface area contributed by atoms with Crippen LogP contribution in [0.25, 0.3) is 0 Å². The molecule has 1 aromatic carbocycles. The second-order valence-corrected chi connectivity index (χ2v) is 5.67. The van der Waals surface area contributed by atoms with Crippen LogP contribution in [0.5, 0.6) is 5.75 Å². The Labute approximate surface area is 140 Å². The molecule has 1 aliphatic rings. The van der Waals surface area contributed by atoms with E-state index in [0.717, 1.165) is 0 Å². The number of ether oxygens (including phenoxy) is 1. The summed E-state index contributed by atoms with van der Waals surface area (Å²) in [7, 11) is 0. The number of aliphatic hydroxyl groups is 1. The lowest BCUT2D eigenvalue weighted by Gasteiger charge is -2.18. The first-order valence-electron chi connectivity index (χ1n) is 7.86. The van der Waals surface area contributed by atoms with E-state index in [1.807, 2.05) is 23.1 Å². The van der Waals surface area contributed by atoms with E-state index in [4.69, 9.17) is 4.74 Å². The van der Waals surface area contributed by atoms with Crippen LogP contribution in [0.2, 0.25) is 0 Å². The summed E-state index contributed by atoms with van der Waals surface area (Å²) in [6.07, 6.45) is 3.35. The Bertz CT molecular complexity index is 653. The lowest BCUT2D eigenvalue weighted by molar-refractivity contribution is -0.124. The normalized spacial score (nSPS) is 20.0. The number of rotatable bonds is 6. The van der Waals surface area contributed by atoms with Crippen molar-refractivity contribution in [2.75, 3.05) is 31.2 Å². The highest BCUT2D eigenvalue weighted by molar-refractivity contribution is 5.78. The van der Waals surface area contributed by atoms with Gasteiger partial charge in [-0.15, -0.1) is 0 Å². The monoisotopic (exact) mass is 328 g/mol. The molecule has 1 aliphatic heterocycles. The number of hydrogen-bond donors (Lipinski definition) is 2. The third kappa shape index (κ3) is 3.99. The summed E-state index contributed by atoms with van der Waals surface area (Å²) in [6.45, 7) is 1.10. The summed E-state index contributed by atoms with van der Waals surface area (Å²) >= 11 is 0. The fourth-order valence-electron chi connectivity index (χ4n) is 2.75. The first kappa shape index (κ1) is 16.2. The predicted molar refractivity (Wildman–Crippen MR) is 88.7 cm³/mol. The van der Waals surface area contributed by atoms with E-state index in [2.05, 4.69) is 15.3 Å². The van der Waals surface area contributed by atoms with Gasteiger partial charge in [0, 0.05) is 38.0 Å². The first-order chi connectivity index (χ1) is 11.8. The van der Waals surface area contributed by atoms with Gasteiger partial charge < -0.3 is 20.1 Å². The quantitative estimate of drug-likeness (QED) is 0.801. The Balaban J connectivity index is 1.54. The van der Waals surface area contributed by atoms with Crippen molar-refractivity contribution in [3.63, 3.8) is 0 Å². The minimum Gasteiger partial charge on any atom is -0.484 e. The van der Waals surface area contributed by atoms with Gasteiger partial charge in [0.25, 0.3) is 5.91 Å². The molecule has 1 saturated heterocycles. The van der Waals surface area contributed by atoms with Gasteiger partial charge >= 0.3 is 0 Å². The summed E-state index contributed by atoms with van der Waals surface area (Å²) in [5.74, 6) is 0.984. The fourth-order valence-corrected chi connectivity index (χ4v) is 2.75. The maximum atomic E-state index is 12.1. The van der Waals surface area contributed by atoms with Crippen LogP contribution < -0.4 is 15.0 Å². The molecule has 7 nitrogen and oxygen atoms in total. The lowest BCUT2D eigenvalue weighted by atomic mass is 10.1. The molecule has 0 spiro atoms. The Hall–Kier alpha value is -2.67. The van der Waals surface area contributed by atoms with Crippen molar-refractivity contribution < 1.29 is 14.6 Å². The Kier molecular flexibility index (Phi) is 5.22. The molecule has 2 heterocycles. The minimum atomic E-state index is -0.210. The highest BCUT2D eigenvalue weighted by Gasteiger charge is 2.34. The van der Waals surface area contributed by atoms with Crippen molar-refractivity contribution in [3.8, 4) is 5.75 Å². The topological polar surface area (TPSA) is 87.6 Å². The standard InChI is InChI=1S/C17H20N4O3/c22-11-13-9-21(17-18-7-4-8-19-17)10-15(13)20-16(23)12-24-14-5-2-1-3-6-14/h1-8,13,15,22H,9-12H2,(H,20,23). The van der Waals surface area contributed by atoms with Crippen LogP contribution >= 0.6 is 0 Å². The number of carbonyl (C=O) groups is 1. The average molecular weight is 328 g/mol. The molecule has 2 aromatic rings. The maximum Gasteiger partial charge on any atom is 0.258 e. The number of benzene rings is 1. The second kappa shape index (κ2) is 7.74. The highest BCUT2D eigenvalue weighted by atomic mass is 16.5. The Morgan fingerprint density at radius 2 is 1.96 bits per heavy atom. The fraction of sp³-hybridized carbons (Fsp3) is 0.353. The van der Waals surface area contributed by atoms with E-state index in [-0.39, 0.29) is 31.1 Å². The van der Waals surface area contributed by atoms with Gasteiger partial charge in [0.15, 0.2) is 6.61 Å². The van der Waals surface area contributed by atoms with Crippen molar-refractivity contribution in [1.29, 1.82) is 0 Å². The Morgan fingerprint density at radius 1 is 1.21 bits per heavy atom. The molecule has 2 atom stereocenters. The largest absolute Gasteiger partial charge is 0.484 e. The van der Waals surface area contributed by atoms with Gasteiger partial charge in [-0.25, -0.2) is 9.97 Å². The predicted octanol–water partition coefficient (Wildman–Crippen LogP) is 0.469. The SMILES string of the molecule is O=C(COc1ccccc1)NC1CN(c2ncccn2)CC1CO. The highest BCUT2D eigenvalue weighted by Crippen LogP contribution is 2.20. The molecule has 24 heavy (non-hydrogen) atoms. The van der Waals surface area contributed by atoms with E-state index < -0.39 is 0 Å². The summed E-state index contributed by atoms with van der Waals surface area (Å²) < 4.78 is 5.45. The van der Waals surface area contributed by atoms with E-state index in [1.165, 1.54) is 0 Å². The van der Waals surface area contributed by atoms with Crippen LogP contribution in [0.15, 0.2) is 48.8 Å². The number of aliphatic hydroxyl groups excluding tert-OH is 1. The number of amides is 1. The van der Waals surface area contributed by atoms with Gasteiger partial charge in [-0.05, 0) is 18.2 Å². The molecular formula is C17H20N4O3. The van der Waals surface area contributed by atoms with Crippen LogP contribution in [-0.2, 0) is 4.79 Å². The van der Waals surface area contributed by atoms with E-state index in [9.17, 15) is 9.90 Å². The smallest absolute Gasteiger partial charge is 0.258 e. The molecule has 126 valence electrons. The van der Waals surface area contributed by atoms with E-state index in [0.29, 0.717) is 24.8 Å². The van der Waals surface area contributed by atoms with Gasteiger partial charge in [-0.3, -0.25) is 4.79 Å². The van der Waals surface area contributed by atoms with Crippen molar-refractivity contribution in [2.24, 2.45) is 5.92 Å². The molecule has 0 bridgehead atoms. The van der Waals surface area contributed by atoms with E-state index >= 15 is 0 Å². The van der Waals surface area contributed by atoms with Crippen molar-refractivity contribution >= 4 is 11.9 Å². The lowest BCUT2D eigenvalue weighted by Crippen LogP contribution is -2.43. The van der Waals surface area contributed by atoms with Crippen molar-refractivity contribution in [3.05, 3.63) is 48.8 Å². The van der Waals surface area contributed by atoms with Crippen LogP contribution in [-0.4, -0.2) is 53.3 Å². The van der Waals surface area contributed by atoms with Gasteiger partial charge in [-0.2, -0.15) is 0 Å². The Morgan fingerprint density at radius 3 is 2.67 bits per heavy atom. The number of aromatic nitrogens is 2. The number of nitrogens with zero attached hydrogens (tertiary/aromatic N) is 3. The summed E-state index contributed by atoms with van der Waals surface area (Å²) in [5, 5.41) is 12.5. The van der Waals surface area contributed by atoms with Crippen molar-refractivity contribution in [1.82, 2.24) is 15.3 Å². The number of para-hydroxylation sites is 1. The molecule has 2 N–H and O–H groups in total. The average Bonchev–Trinajstić information content (AvgIpc) is 3.04. The molecule has 1 fully saturated rings.